The van der Waals surface area contributed by atoms with E-state index < -0.39 is 0 Å². The normalized spacial score (nSPS) is 11.0. The number of amides is 1. The molecule has 27 heavy (non-hydrogen) atoms. The first-order valence-corrected chi connectivity index (χ1v) is 9.16. The Kier molecular flexibility index (Phi) is 6.05. The Morgan fingerprint density at radius 1 is 1.26 bits per heavy atom. The van der Waals surface area contributed by atoms with Crippen LogP contribution in [-0.2, 0) is 18.0 Å². The van der Waals surface area contributed by atoms with Crippen LogP contribution in [0.5, 0.6) is 0 Å². The van der Waals surface area contributed by atoms with Crippen molar-refractivity contribution in [1.82, 2.24) is 19.2 Å². The molecule has 0 bridgehead atoms. The molecule has 3 rings (SSSR count). The highest BCUT2D eigenvalue weighted by Gasteiger charge is 2.08. The molecule has 0 aliphatic rings. The van der Waals surface area contributed by atoms with Gasteiger partial charge in [-0.3, -0.25) is 14.3 Å². The number of anilines is 1. The van der Waals surface area contributed by atoms with E-state index in [9.17, 15) is 4.79 Å². The molecule has 0 aliphatic heterocycles. The molecule has 1 aromatic heterocycles. The zero-order valence-corrected chi connectivity index (χ0v) is 16.7. The van der Waals surface area contributed by atoms with Crippen LogP contribution in [0, 0.1) is 4.77 Å². The quantitative estimate of drug-likeness (QED) is 0.631. The number of carbonyl (C=O) groups excluding carboxylic acids is 1. The van der Waals surface area contributed by atoms with Gasteiger partial charge in [0.25, 0.3) is 0 Å². The number of nitrogens with one attached hydrogen (secondary N) is 1. The average molecular weight is 402 g/mol. The Morgan fingerprint density at radius 2 is 2.00 bits per heavy atom. The van der Waals surface area contributed by atoms with Crippen molar-refractivity contribution in [3.8, 4) is 5.69 Å². The van der Waals surface area contributed by atoms with Gasteiger partial charge in [-0.2, -0.15) is 5.10 Å². The first-order valence-electron chi connectivity index (χ1n) is 8.38. The second-order valence-electron chi connectivity index (χ2n) is 6.30. The maximum Gasteiger partial charge on any atom is 0.221 e. The van der Waals surface area contributed by atoms with Crippen molar-refractivity contribution in [2.24, 2.45) is 0 Å². The first-order chi connectivity index (χ1) is 12.9. The second kappa shape index (κ2) is 8.47. The summed E-state index contributed by atoms with van der Waals surface area (Å²) >= 11 is 11.5. The first kappa shape index (κ1) is 19.3. The maximum atomic E-state index is 11.3. The summed E-state index contributed by atoms with van der Waals surface area (Å²) in [5.74, 6) is -0.115. The molecular weight excluding hydrogens is 382 g/mol. The largest absolute Gasteiger partial charge is 0.326 e. The van der Waals surface area contributed by atoms with E-state index in [1.807, 2.05) is 60.1 Å². The number of aromatic nitrogens is 3. The predicted octanol–water partition coefficient (Wildman–Crippen LogP) is 4.10. The van der Waals surface area contributed by atoms with Gasteiger partial charge in [0.05, 0.1) is 12.4 Å². The molecule has 140 valence electrons. The number of hydrogen-bond acceptors (Lipinski definition) is 4. The average Bonchev–Trinajstić information content (AvgIpc) is 2.97. The fraction of sp³-hybridized carbons (Fsp3) is 0.211. The minimum atomic E-state index is -0.115. The van der Waals surface area contributed by atoms with Crippen molar-refractivity contribution in [3.63, 3.8) is 0 Å². The number of carbonyl (C=O) groups is 1. The fourth-order valence-electron chi connectivity index (χ4n) is 2.73. The molecule has 0 saturated carbocycles. The molecule has 0 aliphatic carbocycles. The van der Waals surface area contributed by atoms with E-state index in [1.54, 1.807) is 11.0 Å². The summed E-state index contributed by atoms with van der Waals surface area (Å²) in [6.07, 6.45) is 1.69. The van der Waals surface area contributed by atoms with Gasteiger partial charge in [-0.25, -0.2) is 4.68 Å². The van der Waals surface area contributed by atoms with Crippen LogP contribution >= 0.6 is 23.8 Å². The molecular formula is C19H20ClN5OS. The lowest BCUT2D eigenvalue weighted by Gasteiger charge is -2.16. The lowest BCUT2D eigenvalue weighted by molar-refractivity contribution is -0.114. The molecule has 0 saturated heterocycles. The van der Waals surface area contributed by atoms with Gasteiger partial charge < -0.3 is 5.32 Å². The van der Waals surface area contributed by atoms with Gasteiger partial charge in [-0.15, -0.1) is 0 Å². The molecule has 6 nitrogen and oxygen atoms in total. The topological polar surface area (TPSA) is 55.1 Å². The minimum absolute atomic E-state index is 0.115. The van der Waals surface area contributed by atoms with Crippen molar-refractivity contribution in [1.29, 1.82) is 0 Å². The third-order valence-electron chi connectivity index (χ3n) is 3.92. The van der Waals surface area contributed by atoms with E-state index in [0.717, 1.165) is 28.5 Å². The summed E-state index contributed by atoms with van der Waals surface area (Å²) in [5, 5.41) is 7.90. The van der Waals surface area contributed by atoms with Gasteiger partial charge in [-0.05, 0) is 55.2 Å². The third kappa shape index (κ3) is 5.03. The van der Waals surface area contributed by atoms with Crippen molar-refractivity contribution < 1.29 is 4.79 Å². The minimum Gasteiger partial charge on any atom is -0.326 e. The predicted molar refractivity (Wildman–Crippen MR) is 110 cm³/mol. The number of halogens is 1. The van der Waals surface area contributed by atoms with Crippen molar-refractivity contribution >= 4 is 35.4 Å². The van der Waals surface area contributed by atoms with Crippen LogP contribution in [0.2, 0.25) is 5.02 Å². The molecule has 0 spiro atoms. The highest BCUT2D eigenvalue weighted by molar-refractivity contribution is 7.71. The molecule has 2 aromatic carbocycles. The van der Waals surface area contributed by atoms with Crippen LogP contribution in [0.25, 0.3) is 5.69 Å². The molecule has 3 aromatic rings. The Labute approximate surface area is 168 Å². The molecule has 1 N–H and O–H groups in total. The molecule has 0 atom stereocenters. The van der Waals surface area contributed by atoms with E-state index >= 15 is 0 Å². The summed E-state index contributed by atoms with van der Waals surface area (Å²) in [4.78, 5) is 13.4. The summed E-state index contributed by atoms with van der Waals surface area (Å²) in [6, 6.07) is 15.3. The SMILES string of the molecule is CC(=O)Nc1cccc(-n2cnn(CN(C)Cc3ccc(Cl)cc3)c2=S)c1. The van der Waals surface area contributed by atoms with Gasteiger partial charge in [0.1, 0.15) is 6.33 Å². The van der Waals surface area contributed by atoms with Crippen LogP contribution in [-0.4, -0.2) is 32.2 Å². The Morgan fingerprint density at radius 3 is 2.70 bits per heavy atom. The van der Waals surface area contributed by atoms with E-state index in [2.05, 4.69) is 15.3 Å². The monoisotopic (exact) mass is 401 g/mol. The van der Waals surface area contributed by atoms with Crippen molar-refractivity contribution in [2.45, 2.75) is 20.1 Å². The number of nitrogens with zero attached hydrogens (tertiary/aromatic N) is 4. The second-order valence-corrected chi connectivity index (χ2v) is 7.10. The fourth-order valence-corrected chi connectivity index (χ4v) is 3.11. The molecule has 1 amide bonds. The lowest BCUT2D eigenvalue weighted by atomic mass is 10.2. The Balaban J connectivity index is 1.74. The lowest BCUT2D eigenvalue weighted by Crippen LogP contribution is -2.22. The molecule has 0 radical (unpaired) electrons. The summed E-state index contributed by atoms with van der Waals surface area (Å²) in [7, 11) is 2.01. The molecule has 8 heteroatoms. The number of benzene rings is 2. The standard InChI is InChI=1S/C19H20ClN5OS/c1-14(26)22-17-4-3-5-18(10-17)24-12-21-25(19(24)27)13-23(2)11-15-6-8-16(20)9-7-15/h3-10,12H,11,13H2,1-2H3,(H,22,26). The van der Waals surface area contributed by atoms with E-state index in [1.165, 1.54) is 6.92 Å². The number of rotatable bonds is 6. The third-order valence-corrected chi connectivity index (χ3v) is 4.58. The Hall–Kier alpha value is -2.48. The van der Waals surface area contributed by atoms with Crippen LogP contribution in [0.3, 0.4) is 0 Å². The Bertz CT molecular complexity index is 996. The summed E-state index contributed by atoms with van der Waals surface area (Å²) in [6.45, 7) is 2.79. The molecule has 0 unspecified atom stereocenters. The van der Waals surface area contributed by atoms with Gasteiger partial charge in [0, 0.05) is 24.2 Å². The van der Waals surface area contributed by atoms with Crippen LogP contribution in [0.4, 0.5) is 5.69 Å². The van der Waals surface area contributed by atoms with E-state index in [0.29, 0.717) is 11.4 Å². The van der Waals surface area contributed by atoms with E-state index in [-0.39, 0.29) is 5.91 Å². The van der Waals surface area contributed by atoms with Crippen LogP contribution in [0.15, 0.2) is 54.9 Å². The van der Waals surface area contributed by atoms with Crippen LogP contribution in [0.1, 0.15) is 12.5 Å². The smallest absolute Gasteiger partial charge is 0.221 e. The van der Waals surface area contributed by atoms with Crippen LogP contribution < -0.4 is 5.32 Å². The van der Waals surface area contributed by atoms with E-state index in [4.69, 9.17) is 23.8 Å². The zero-order chi connectivity index (χ0) is 19.4. The highest BCUT2D eigenvalue weighted by atomic mass is 35.5. The number of hydrogen-bond donors (Lipinski definition) is 1. The van der Waals surface area contributed by atoms with Crippen molar-refractivity contribution in [3.05, 3.63) is 70.2 Å². The maximum absolute atomic E-state index is 11.3. The summed E-state index contributed by atoms with van der Waals surface area (Å²) < 4.78 is 4.16. The summed E-state index contributed by atoms with van der Waals surface area (Å²) in [5.41, 5.74) is 2.73. The van der Waals surface area contributed by atoms with Gasteiger partial charge in [-0.1, -0.05) is 29.8 Å². The van der Waals surface area contributed by atoms with Gasteiger partial charge in [0.2, 0.25) is 10.7 Å². The van der Waals surface area contributed by atoms with Gasteiger partial charge >= 0.3 is 0 Å². The highest BCUT2D eigenvalue weighted by Crippen LogP contribution is 2.16. The van der Waals surface area contributed by atoms with Crippen molar-refractivity contribution in [2.75, 3.05) is 12.4 Å². The van der Waals surface area contributed by atoms with Gasteiger partial charge in [0.15, 0.2) is 0 Å². The molecule has 0 fully saturated rings. The molecule has 1 heterocycles. The zero-order valence-electron chi connectivity index (χ0n) is 15.1.